The lowest BCUT2D eigenvalue weighted by atomic mass is 9.97. The zero-order chi connectivity index (χ0) is 10.8. The van der Waals surface area contributed by atoms with Gasteiger partial charge in [0, 0.05) is 18.5 Å². The van der Waals surface area contributed by atoms with Gasteiger partial charge in [0.05, 0.1) is 5.92 Å². The molecule has 2 rings (SSSR count). The molecule has 1 aliphatic heterocycles. The van der Waals surface area contributed by atoms with Crippen molar-refractivity contribution in [2.45, 2.75) is 6.42 Å². The van der Waals surface area contributed by atoms with Crippen LogP contribution in [-0.2, 0) is 4.79 Å². The van der Waals surface area contributed by atoms with Crippen molar-refractivity contribution in [2.75, 3.05) is 6.54 Å². The smallest absolute Gasteiger partial charge is 0.237 e. The number of hydrogen-bond donors (Lipinski definition) is 1. The molecule has 0 aromatic heterocycles. The number of hydrogen-bond acceptors (Lipinski definition) is 3. The zero-order valence-corrected chi connectivity index (χ0v) is 8.22. The summed E-state index contributed by atoms with van der Waals surface area (Å²) in [5, 5.41) is 1.12. The molecular formula is C11H12N2O2. The van der Waals surface area contributed by atoms with Gasteiger partial charge in [-0.25, -0.2) is 5.84 Å². The summed E-state index contributed by atoms with van der Waals surface area (Å²) in [6.45, 7) is 0.326. The van der Waals surface area contributed by atoms with E-state index in [1.807, 2.05) is 18.2 Å². The first-order valence-corrected chi connectivity index (χ1v) is 4.83. The van der Waals surface area contributed by atoms with Crippen LogP contribution in [0.3, 0.4) is 0 Å². The number of rotatable bonds is 2. The summed E-state index contributed by atoms with van der Waals surface area (Å²) in [5.74, 6) is 4.96. The van der Waals surface area contributed by atoms with Crippen molar-refractivity contribution < 1.29 is 9.59 Å². The van der Waals surface area contributed by atoms with Gasteiger partial charge in [-0.15, -0.1) is 0 Å². The SMILES string of the molecule is NN1CC(C(=O)c2ccccc2)CC1=O. The molecule has 15 heavy (non-hydrogen) atoms. The van der Waals surface area contributed by atoms with Crippen LogP contribution in [-0.4, -0.2) is 23.2 Å². The van der Waals surface area contributed by atoms with E-state index in [2.05, 4.69) is 0 Å². The number of Topliss-reactive ketones (excluding diaryl/α,β-unsaturated/α-hetero) is 1. The molecule has 78 valence electrons. The van der Waals surface area contributed by atoms with E-state index in [1.54, 1.807) is 12.1 Å². The fraction of sp³-hybridized carbons (Fsp3) is 0.273. The van der Waals surface area contributed by atoms with E-state index in [4.69, 9.17) is 5.84 Å². The molecule has 0 aliphatic carbocycles. The van der Waals surface area contributed by atoms with Crippen LogP contribution in [0.4, 0.5) is 0 Å². The van der Waals surface area contributed by atoms with Gasteiger partial charge in [-0.1, -0.05) is 30.3 Å². The predicted octanol–water partition coefficient (Wildman–Crippen LogP) is 0.591. The number of carbonyl (C=O) groups excluding carboxylic acids is 2. The van der Waals surface area contributed by atoms with Gasteiger partial charge < -0.3 is 0 Å². The maximum absolute atomic E-state index is 11.9. The topological polar surface area (TPSA) is 63.4 Å². The van der Waals surface area contributed by atoms with Crippen LogP contribution in [0.15, 0.2) is 30.3 Å². The van der Waals surface area contributed by atoms with Crippen molar-refractivity contribution in [3.8, 4) is 0 Å². The Labute approximate surface area is 87.6 Å². The molecule has 1 aliphatic rings. The molecule has 1 fully saturated rings. The van der Waals surface area contributed by atoms with Crippen LogP contribution < -0.4 is 5.84 Å². The Kier molecular flexibility index (Phi) is 2.51. The number of nitrogens with two attached hydrogens (primary N) is 1. The van der Waals surface area contributed by atoms with Crippen LogP contribution >= 0.6 is 0 Å². The van der Waals surface area contributed by atoms with Gasteiger partial charge in [0.25, 0.3) is 0 Å². The van der Waals surface area contributed by atoms with Gasteiger partial charge in [0.2, 0.25) is 5.91 Å². The third-order valence-electron chi connectivity index (χ3n) is 2.59. The summed E-state index contributed by atoms with van der Waals surface area (Å²) >= 11 is 0. The van der Waals surface area contributed by atoms with E-state index in [0.717, 1.165) is 5.01 Å². The highest BCUT2D eigenvalue weighted by Crippen LogP contribution is 2.19. The minimum atomic E-state index is -0.287. The number of ketones is 1. The Morgan fingerprint density at radius 1 is 1.33 bits per heavy atom. The molecular weight excluding hydrogens is 192 g/mol. The van der Waals surface area contributed by atoms with E-state index in [1.165, 1.54) is 0 Å². The van der Waals surface area contributed by atoms with Crippen LogP contribution in [0, 0.1) is 5.92 Å². The lowest BCUT2D eigenvalue weighted by molar-refractivity contribution is -0.127. The predicted molar refractivity (Wildman–Crippen MR) is 54.8 cm³/mol. The highest BCUT2D eigenvalue weighted by atomic mass is 16.2. The summed E-state index contributed by atoms with van der Waals surface area (Å²) in [5.41, 5.74) is 0.644. The molecule has 1 aromatic rings. The van der Waals surface area contributed by atoms with Gasteiger partial charge in [-0.05, 0) is 0 Å². The lowest BCUT2D eigenvalue weighted by Gasteiger charge is -2.08. The van der Waals surface area contributed by atoms with Gasteiger partial charge in [0.15, 0.2) is 5.78 Å². The summed E-state index contributed by atoms with van der Waals surface area (Å²) < 4.78 is 0. The van der Waals surface area contributed by atoms with Gasteiger partial charge >= 0.3 is 0 Å². The van der Waals surface area contributed by atoms with Crippen molar-refractivity contribution >= 4 is 11.7 Å². The number of nitrogens with zero attached hydrogens (tertiary/aromatic N) is 1. The molecule has 4 nitrogen and oxygen atoms in total. The Bertz CT molecular complexity index is 389. The molecule has 4 heteroatoms. The van der Waals surface area contributed by atoms with Crippen LogP contribution in [0.5, 0.6) is 0 Å². The fourth-order valence-electron chi connectivity index (χ4n) is 1.75. The molecule has 1 amide bonds. The third-order valence-corrected chi connectivity index (χ3v) is 2.59. The van der Waals surface area contributed by atoms with E-state index >= 15 is 0 Å². The summed E-state index contributed by atoms with van der Waals surface area (Å²) in [4.78, 5) is 23.1. The van der Waals surface area contributed by atoms with Crippen LogP contribution in [0.2, 0.25) is 0 Å². The molecule has 2 N–H and O–H groups in total. The summed E-state index contributed by atoms with van der Waals surface area (Å²) in [6.07, 6.45) is 0.226. The Balaban J connectivity index is 2.14. The lowest BCUT2D eigenvalue weighted by Crippen LogP contribution is -2.32. The van der Waals surface area contributed by atoms with Crippen molar-refractivity contribution in [2.24, 2.45) is 11.8 Å². The molecule has 0 radical (unpaired) electrons. The maximum Gasteiger partial charge on any atom is 0.237 e. The largest absolute Gasteiger partial charge is 0.294 e. The molecule has 1 saturated heterocycles. The Morgan fingerprint density at radius 2 is 2.00 bits per heavy atom. The highest BCUT2D eigenvalue weighted by molar-refractivity contribution is 6.01. The van der Waals surface area contributed by atoms with E-state index in [0.29, 0.717) is 12.1 Å². The minimum Gasteiger partial charge on any atom is -0.294 e. The first-order chi connectivity index (χ1) is 7.18. The summed E-state index contributed by atoms with van der Waals surface area (Å²) in [6, 6.07) is 8.98. The van der Waals surface area contributed by atoms with Crippen molar-refractivity contribution in [3.05, 3.63) is 35.9 Å². The van der Waals surface area contributed by atoms with Crippen LogP contribution in [0.1, 0.15) is 16.8 Å². The summed E-state index contributed by atoms with van der Waals surface area (Å²) in [7, 11) is 0. The second kappa shape index (κ2) is 3.82. The van der Waals surface area contributed by atoms with Gasteiger partial charge in [0.1, 0.15) is 0 Å². The quantitative estimate of drug-likeness (QED) is 0.435. The van der Waals surface area contributed by atoms with Crippen molar-refractivity contribution in [1.29, 1.82) is 0 Å². The maximum atomic E-state index is 11.9. The number of hydrazine groups is 1. The van der Waals surface area contributed by atoms with E-state index in [9.17, 15) is 9.59 Å². The van der Waals surface area contributed by atoms with E-state index < -0.39 is 0 Å². The molecule has 1 heterocycles. The monoisotopic (exact) mass is 204 g/mol. The minimum absolute atomic E-state index is 0.00287. The first-order valence-electron chi connectivity index (χ1n) is 4.83. The molecule has 1 atom stereocenters. The second-order valence-corrected chi connectivity index (χ2v) is 3.68. The second-order valence-electron chi connectivity index (χ2n) is 3.68. The normalized spacial score (nSPS) is 20.7. The number of amides is 1. The zero-order valence-electron chi connectivity index (χ0n) is 8.22. The van der Waals surface area contributed by atoms with Crippen LogP contribution in [0.25, 0.3) is 0 Å². The fourth-order valence-corrected chi connectivity index (χ4v) is 1.75. The molecule has 1 unspecified atom stereocenters. The third kappa shape index (κ3) is 1.89. The first kappa shape index (κ1) is 9.86. The average Bonchev–Trinajstić information content (AvgIpc) is 2.59. The molecule has 0 saturated carbocycles. The average molecular weight is 204 g/mol. The highest BCUT2D eigenvalue weighted by Gasteiger charge is 2.32. The standard InChI is InChI=1S/C11H12N2O2/c12-13-7-9(6-10(13)14)11(15)8-4-2-1-3-5-8/h1-5,9H,6-7,12H2. The Morgan fingerprint density at radius 3 is 2.53 bits per heavy atom. The Hall–Kier alpha value is -1.68. The molecule has 1 aromatic carbocycles. The molecule has 0 bridgehead atoms. The number of carbonyl (C=O) groups is 2. The number of benzene rings is 1. The van der Waals surface area contributed by atoms with Gasteiger partial charge in [-0.3, -0.25) is 14.6 Å². The van der Waals surface area contributed by atoms with Crippen molar-refractivity contribution in [3.63, 3.8) is 0 Å². The van der Waals surface area contributed by atoms with Gasteiger partial charge in [-0.2, -0.15) is 0 Å². The van der Waals surface area contributed by atoms with Crippen molar-refractivity contribution in [1.82, 2.24) is 5.01 Å². The van der Waals surface area contributed by atoms with E-state index in [-0.39, 0.29) is 24.0 Å². The molecule has 0 spiro atoms.